The maximum Gasteiger partial charge on any atom is 0.472 e. The molecule has 40 valence electrons. The second-order valence-corrected chi connectivity index (χ2v) is 3.25. The molecule has 0 aromatic rings. The van der Waals surface area contributed by atoms with Gasteiger partial charge in [-0.2, -0.15) is 0 Å². The van der Waals surface area contributed by atoms with Crippen LogP contribution in [0.5, 0.6) is 0 Å². The van der Waals surface area contributed by atoms with E-state index in [2.05, 4.69) is 13.2 Å². The first-order valence-corrected chi connectivity index (χ1v) is 3.68. The first kappa shape index (κ1) is 6.56. The molecule has 0 saturated carbocycles. The van der Waals surface area contributed by atoms with Crippen molar-refractivity contribution in [3.05, 3.63) is 24.6 Å². The molecule has 0 heterocycles. The van der Waals surface area contributed by atoms with Crippen LogP contribution in [0.1, 0.15) is 0 Å². The third-order valence-electron chi connectivity index (χ3n) is 0.544. The Bertz CT molecular complexity index is 77.7. The van der Waals surface area contributed by atoms with Crippen LogP contribution in [-0.2, 0) is 0 Å². The Morgan fingerprint density at radius 2 is 1.43 bits per heavy atom. The van der Waals surface area contributed by atoms with E-state index in [-0.39, 0.29) is 0 Å². The molecule has 0 bridgehead atoms. The van der Waals surface area contributed by atoms with Crippen LogP contribution in [0.4, 0.5) is 8.22 Å². The van der Waals surface area contributed by atoms with Gasteiger partial charge in [-0.1, -0.05) is 0 Å². The SMILES string of the molecule is C=C[Si](F)(F)C=C. The van der Waals surface area contributed by atoms with Crippen molar-refractivity contribution in [3.63, 3.8) is 0 Å². The molecule has 0 fully saturated rings. The van der Waals surface area contributed by atoms with Gasteiger partial charge >= 0.3 is 8.74 Å². The third kappa shape index (κ3) is 2.28. The second kappa shape index (κ2) is 2.02. The minimum Gasteiger partial charge on any atom is -0.261 e. The van der Waals surface area contributed by atoms with Gasteiger partial charge < -0.3 is 0 Å². The van der Waals surface area contributed by atoms with Gasteiger partial charge in [0.25, 0.3) is 0 Å². The van der Waals surface area contributed by atoms with Gasteiger partial charge in [-0.05, 0) is 11.4 Å². The molecule has 7 heavy (non-hydrogen) atoms. The van der Waals surface area contributed by atoms with Crippen molar-refractivity contribution in [1.29, 1.82) is 0 Å². The van der Waals surface area contributed by atoms with Crippen molar-refractivity contribution in [2.24, 2.45) is 0 Å². The maximum atomic E-state index is 11.8. The quantitative estimate of drug-likeness (QED) is 0.385. The predicted molar refractivity (Wildman–Crippen MR) is 28.4 cm³/mol. The van der Waals surface area contributed by atoms with Gasteiger partial charge in [0, 0.05) is 0 Å². The molecule has 0 atom stereocenters. The second-order valence-electron chi connectivity index (χ2n) is 1.08. The molecule has 0 aliphatic heterocycles. The van der Waals surface area contributed by atoms with E-state index in [4.69, 9.17) is 0 Å². The van der Waals surface area contributed by atoms with E-state index in [0.29, 0.717) is 11.4 Å². The van der Waals surface area contributed by atoms with Crippen molar-refractivity contribution in [2.75, 3.05) is 0 Å². The van der Waals surface area contributed by atoms with E-state index in [0.717, 1.165) is 0 Å². The van der Waals surface area contributed by atoms with Gasteiger partial charge in [-0.15, -0.1) is 13.2 Å². The first-order valence-electron chi connectivity index (χ1n) is 1.77. The Balaban J connectivity index is 3.82. The number of hydrogen-bond donors (Lipinski definition) is 0. The molecular weight excluding hydrogens is 114 g/mol. The van der Waals surface area contributed by atoms with Crippen molar-refractivity contribution in [1.82, 2.24) is 0 Å². The molecule has 0 unspecified atom stereocenters. The fourth-order valence-corrected chi connectivity index (χ4v) is 0.250. The van der Waals surface area contributed by atoms with Gasteiger partial charge in [0.05, 0.1) is 0 Å². The zero-order chi connectivity index (χ0) is 5.91. The maximum absolute atomic E-state index is 11.8. The molecule has 0 N–H and O–H groups in total. The average molecular weight is 120 g/mol. The van der Waals surface area contributed by atoms with Gasteiger partial charge in [0.2, 0.25) is 0 Å². The third-order valence-corrected chi connectivity index (χ3v) is 1.63. The Morgan fingerprint density at radius 1 is 1.14 bits per heavy atom. The van der Waals surface area contributed by atoms with E-state index in [1.54, 1.807) is 0 Å². The van der Waals surface area contributed by atoms with Crippen LogP contribution in [0.25, 0.3) is 0 Å². The molecule has 0 aliphatic carbocycles. The highest BCUT2D eigenvalue weighted by molar-refractivity contribution is 6.76. The zero-order valence-corrected chi connectivity index (χ0v) is 4.82. The van der Waals surface area contributed by atoms with Crippen LogP contribution in [0.3, 0.4) is 0 Å². The molecule has 3 heteroatoms. The molecule has 0 saturated heterocycles. The molecular formula is C4H6F2Si. The molecule has 0 aromatic carbocycles. The summed E-state index contributed by atoms with van der Waals surface area (Å²) < 4.78 is 23.6. The standard InChI is InChI=1S/C4H6F2Si/c1-3-7(5,6)4-2/h3-4H,1-2H2. The summed E-state index contributed by atoms with van der Waals surface area (Å²) in [6, 6.07) is 0. The van der Waals surface area contributed by atoms with E-state index in [1.165, 1.54) is 0 Å². The number of halogens is 2. The van der Waals surface area contributed by atoms with Crippen LogP contribution in [0, 0.1) is 0 Å². The highest BCUT2D eigenvalue weighted by atomic mass is 28.4. The smallest absolute Gasteiger partial charge is 0.261 e. The highest BCUT2D eigenvalue weighted by Crippen LogP contribution is 2.06. The van der Waals surface area contributed by atoms with Crippen molar-refractivity contribution in [2.45, 2.75) is 0 Å². The zero-order valence-electron chi connectivity index (χ0n) is 3.82. The minimum atomic E-state index is -4.12. The van der Waals surface area contributed by atoms with Gasteiger partial charge in [-0.25, -0.2) is 0 Å². The summed E-state index contributed by atoms with van der Waals surface area (Å²) in [5.41, 5.74) is 1.36. The summed E-state index contributed by atoms with van der Waals surface area (Å²) in [4.78, 5) is 0. The average Bonchev–Trinajstić information content (AvgIpc) is 1.68. The molecule has 0 spiro atoms. The number of hydrogen-bond acceptors (Lipinski definition) is 0. The number of rotatable bonds is 2. The summed E-state index contributed by atoms with van der Waals surface area (Å²) in [6.45, 7) is 5.89. The molecule has 0 aromatic heterocycles. The summed E-state index contributed by atoms with van der Waals surface area (Å²) in [5.74, 6) is 0. The Labute approximate surface area is 42.5 Å². The van der Waals surface area contributed by atoms with E-state index >= 15 is 0 Å². The van der Waals surface area contributed by atoms with Crippen molar-refractivity contribution in [3.8, 4) is 0 Å². The van der Waals surface area contributed by atoms with Crippen LogP contribution in [0.2, 0.25) is 0 Å². The molecule has 0 amide bonds. The van der Waals surface area contributed by atoms with Crippen LogP contribution in [0.15, 0.2) is 24.6 Å². The normalized spacial score (nSPS) is 10.6. The highest BCUT2D eigenvalue weighted by Gasteiger charge is 2.24. The molecule has 0 aliphatic rings. The van der Waals surface area contributed by atoms with Crippen LogP contribution >= 0.6 is 0 Å². The molecule has 0 radical (unpaired) electrons. The fraction of sp³-hybridized carbons (Fsp3) is 0. The minimum absolute atomic E-state index is 0.681. The monoisotopic (exact) mass is 120 g/mol. The topological polar surface area (TPSA) is 0 Å². The lowest BCUT2D eigenvalue weighted by Crippen LogP contribution is -2.13. The largest absolute Gasteiger partial charge is 0.472 e. The summed E-state index contributed by atoms with van der Waals surface area (Å²) >= 11 is 0. The first-order chi connectivity index (χ1) is 3.12. The van der Waals surface area contributed by atoms with Crippen molar-refractivity contribution >= 4 is 8.74 Å². The predicted octanol–water partition coefficient (Wildman–Crippen LogP) is 1.82. The lowest BCUT2D eigenvalue weighted by atomic mass is 11.2. The van der Waals surface area contributed by atoms with Crippen molar-refractivity contribution < 1.29 is 8.22 Å². The summed E-state index contributed by atoms with van der Waals surface area (Å²) in [7, 11) is -4.12. The van der Waals surface area contributed by atoms with E-state index < -0.39 is 8.74 Å². The lowest BCUT2D eigenvalue weighted by Gasteiger charge is -1.94. The van der Waals surface area contributed by atoms with E-state index in [1.807, 2.05) is 0 Å². The van der Waals surface area contributed by atoms with Crippen LogP contribution in [-0.4, -0.2) is 8.74 Å². The van der Waals surface area contributed by atoms with Gasteiger partial charge in [0.1, 0.15) is 0 Å². The Hall–Kier alpha value is -0.443. The molecule has 0 nitrogen and oxygen atoms in total. The van der Waals surface area contributed by atoms with Gasteiger partial charge in [-0.3, -0.25) is 8.22 Å². The van der Waals surface area contributed by atoms with E-state index in [9.17, 15) is 8.22 Å². The Morgan fingerprint density at radius 3 is 1.43 bits per heavy atom. The fourth-order valence-electron chi connectivity index (χ4n) is 0.0833. The summed E-state index contributed by atoms with van der Waals surface area (Å²) in [5, 5.41) is 0. The van der Waals surface area contributed by atoms with Gasteiger partial charge in [0.15, 0.2) is 0 Å². The lowest BCUT2D eigenvalue weighted by molar-refractivity contribution is 0.651. The molecule has 0 rings (SSSR count). The van der Waals surface area contributed by atoms with Crippen LogP contribution < -0.4 is 0 Å². The summed E-state index contributed by atoms with van der Waals surface area (Å²) in [6.07, 6.45) is 0. The Kier molecular flexibility index (Phi) is 1.89.